The van der Waals surface area contributed by atoms with E-state index in [2.05, 4.69) is 9.98 Å². The van der Waals surface area contributed by atoms with Crippen molar-refractivity contribution in [3.8, 4) is 5.75 Å². The fourth-order valence-corrected chi connectivity index (χ4v) is 2.07. The number of carboxylic acids is 2. The van der Waals surface area contributed by atoms with E-state index in [0.29, 0.717) is 0 Å². The molecule has 0 aliphatic heterocycles. The molecule has 0 radical (unpaired) electrons. The van der Waals surface area contributed by atoms with Crippen LogP contribution in [0.4, 0.5) is 5.13 Å². The van der Waals surface area contributed by atoms with Gasteiger partial charge in [-0.15, -0.1) is 0 Å². The lowest BCUT2D eigenvalue weighted by Gasteiger charge is -1.99. The van der Waals surface area contributed by atoms with E-state index in [0.717, 1.165) is 21.1 Å². The second-order valence-electron chi connectivity index (χ2n) is 4.15. The lowest BCUT2D eigenvalue weighted by Crippen LogP contribution is -2.09. The topological polar surface area (TPSA) is 112 Å². The third kappa shape index (κ3) is 5.37. The van der Waals surface area contributed by atoms with Crippen LogP contribution in [0, 0.1) is 0 Å². The van der Waals surface area contributed by atoms with Gasteiger partial charge in [-0.25, -0.2) is 19.6 Å². The predicted octanol–water partition coefficient (Wildman–Crippen LogP) is 1.68. The van der Waals surface area contributed by atoms with E-state index in [-0.39, 0.29) is 0 Å². The van der Waals surface area contributed by atoms with Crippen molar-refractivity contribution in [2.75, 3.05) is 21.2 Å². The van der Waals surface area contributed by atoms with Crippen LogP contribution in [-0.4, -0.2) is 59.6 Å². The van der Waals surface area contributed by atoms with Crippen molar-refractivity contribution in [3.63, 3.8) is 0 Å². The average molecular weight is 325 g/mol. The molecule has 9 heteroatoms. The molecule has 8 nitrogen and oxygen atoms in total. The van der Waals surface area contributed by atoms with Gasteiger partial charge in [0.2, 0.25) is 5.13 Å². The maximum atomic E-state index is 9.10. The van der Waals surface area contributed by atoms with E-state index in [1.54, 1.807) is 24.8 Å². The van der Waals surface area contributed by atoms with Gasteiger partial charge in [0, 0.05) is 14.1 Å². The zero-order chi connectivity index (χ0) is 16.7. The Balaban J connectivity index is 0.000000346. The van der Waals surface area contributed by atoms with Gasteiger partial charge < -0.3 is 19.8 Å². The highest BCUT2D eigenvalue weighted by atomic mass is 32.1. The first-order valence-electron chi connectivity index (χ1n) is 5.95. The molecule has 1 aromatic carbocycles. The van der Waals surface area contributed by atoms with Crippen LogP contribution in [0.5, 0.6) is 5.75 Å². The maximum absolute atomic E-state index is 9.10. The van der Waals surface area contributed by atoms with E-state index in [9.17, 15) is 0 Å². The van der Waals surface area contributed by atoms with E-state index < -0.39 is 11.9 Å². The van der Waals surface area contributed by atoms with Gasteiger partial charge in [0.05, 0.1) is 23.7 Å². The number of aliphatic carboxylic acids is 2. The molecule has 2 aromatic rings. The van der Waals surface area contributed by atoms with Crippen molar-refractivity contribution < 1.29 is 24.5 Å². The summed E-state index contributed by atoms with van der Waals surface area (Å²) in [4.78, 5) is 28.7. The van der Waals surface area contributed by atoms with E-state index in [1.165, 1.54) is 0 Å². The number of thiazole rings is 1. The van der Waals surface area contributed by atoms with Gasteiger partial charge in [-0.05, 0) is 18.2 Å². The van der Waals surface area contributed by atoms with E-state index in [1.807, 2.05) is 37.2 Å². The highest BCUT2D eigenvalue weighted by Gasteiger charge is 2.04. The molecule has 0 spiro atoms. The minimum Gasteiger partial charge on any atom is -0.497 e. The van der Waals surface area contributed by atoms with Crippen molar-refractivity contribution in [2.24, 2.45) is 4.99 Å². The summed E-state index contributed by atoms with van der Waals surface area (Å²) in [5.41, 5.74) is 0.955. The summed E-state index contributed by atoms with van der Waals surface area (Å²) in [6, 6.07) is 5.82. The third-order valence-corrected chi connectivity index (χ3v) is 3.09. The summed E-state index contributed by atoms with van der Waals surface area (Å²) < 4.78 is 6.25. The minimum absolute atomic E-state index is 0.761. The largest absolute Gasteiger partial charge is 0.497 e. The van der Waals surface area contributed by atoms with Crippen LogP contribution < -0.4 is 4.74 Å². The number of ether oxygens (including phenoxy) is 1. The summed E-state index contributed by atoms with van der Waals surface area (Å²) in [5.74, 6) is -2.80. The summed E-state index contributed by atoms with van der Waals surface area (Å²) >= 11 is 1.55. The molecule has 0 bridgehead atoms. The first-order chi connectivity index (χ1) is 10.3. The molecular formula is C13H15N3O5S. The monoisotopic (exact) mass is 325 g/mol. The lowest BCUT2D eigenvalue weighted by atomic mass is 10.3. The van der Waals surface area contributed by atoms with Crippen molar-refractivity contribution in [3.05, 3.63) is 18.2 Å². The van der Waals surface area contributed by atoms with Gasteiger partial charge in [0.25, 0.3) is 0 Å². The van der Waals surface area contributed by atoms with Crippen molar-refractivity contribution in [1.29, 1.82) is 0 Å². The summed E-state index contributed by atoms with van der Waals surface area (Å²) in [5, 5.41) is 15.5. The Hall–Kier alpha value is -2.68. The molecule has 0 saturated heterocycles. The molecule has 2 N–H and O–H groups in total. The van der Waals surface area contributed by atoms with Crippen molar-refractivity contribution in [2.45, 2.75) is 0 Å². The normalized spacial score (nSPS) is 10.1. The van der Waals surface area contributed by atoms with Crippen LogP contribution in [0.15, 0.2) is 23.2 Å². The van der Waals surface area contributed by atoms with Crippen LogP contribution in [0.2, 0.25) is 0 Å². The number of nitrogens with zero attached hydrogens (tertiary/aromatic N) is 3. The summed E-state index contributed by atoms with van der Waals surface area (Å²) in [7, 11) is 5.52. The molecule has 118 valence electrons. The molecule has 0 atom stereocenters. The number of hydrogen-bond donors (Lipinski definition) is 2. The van der Waals surface area contributed by atoms with E-state index >= 15 is 0 Å². The quantitative estimate of drug-likeness (QED) is 0.501. The molecule has 0 unspecified atom stereocenters. The molecule has 1 aromatic heterocycles. The Kier molecular flexibility index (Phi) is 6.26. The number of carboxylic acid groups (broad SMARTS) is 2. The molecule has 0 amide bonds. The number of aliphatic imine (C=N–C) groups is 1. The van der Waals surface area contributed by atoms with Gasteiger partial charge in [0.1, 0.15) is 5.75 Å². The number of benzene rings is 1. The number of carbonyl (C=O) groups is 2. The lowest BCUT2D eigenvalue weighted by molar-refractivity contribution is -0.159. The van der Waals surface area contributed by atoms with Crippen LogP contribution in [0.1, 0.15) is 0 Å². The Labute approximate surface area is 130 Å². The fourth-order valence-electron chi connectivity index (χ4n) is 1.24. The Morgan fingerprint density at radius 3 is 2.45 bits per heavy atom. The van der Waals surface area contributed by atoms with Gasteiger partial charge >= 0.3 is 11.9 Å². The number of hydrogen-bond acceptors (Lipinski definition) is 6. The minimum atomic E-state index is -1.82. The zero-order valence-electron chi connectivity index (χ0n) is 12.2. The third-order valence-electron chi connectivity index (χ3n) is 2.17. The maximum Gasteiger partial charge on any atom is 0.414 e. The van der Waals surface area contributed by atoms with Gasteiger partial charge in [-0.2, -0.15) is 0 Å². The Bertz CT molecular complexity index is 684. The molecule has 0 aliphatic rings. The Morgan fingerprint density at radius 1 is 1.32 bits per heavy atom. The number of fused-ring (bicyclic) bond motifs is 1. The molecular weight excluding hydrogens is 310 g/mol. The van der Waals surface area contributed by atoms with Crippen molar-refractivity contribution in [1.82, 2.24) is 9.88 Å². The second kappa shape index (κ2) is 7.93. The van der Waals surface area contributed by atoms with Crippen LogP contribution in [0.3, 0.4) is 0 Å². The molecule has 0 aliphatic carbocycles. The number of methoxy groups -OCH3 is 1. The van der Waals surface area contributed by atoms with Crippen LogP contribution >= 0.6 is 11.3 Å². The van der Waals surface area contributed by atoms with E-state index in [4.69, 9.17) is 24.5 Å². The zero-order valence-corrected chi connectivity index (χ0v) is 13.0. The Morgan fingerprint density at radius 2 is 1.95 bits per heavy atom. The van der Waals surface area contributed by atoms with Crippen molar-refractivity contribution >= 4 is 45.0 Å². The molecule has 2 rings (SSSR count). The predicted molar refractivity (Wildman–Crippen MR) is 83.3 cm³/mol. The summed E-state index contributed by atoms with van der Waals surface area (Å²) in [6.45, 7) is 0. The highest BCUT2D eigenvalue weighted by Crippen LogP contribution is 2.30. The average Bonchev–Trinajstić information content (AvgIpc) is 2.87. The second-order valence-corrected chi connectivity index (χ2v) is 5.16. The van der Waals surface area contributed by atoms with Crippen LogP contribution in [0.25, 0.3) is 10.2 Å². The van der Waals surface area contributed by atoms with Gasteiger partial charge in [-0.1, -0.05) is 11.3 Å². The first-order valence-corrected chi connectivity index (χ1v) is 6.76. The highest BCUT2D eigenvalue weighted by molar-refractivity contribution is 7.22. The smallest absolute Gasteiger partial charge is 0.414 e. The standard InChI is InChI=1S/C11H13N3OS.C2H2O4/c1-14(2)7-12-11-13-9-5-4-8(15-3)6-10(9)16-11;3-1(4)2(5)6/h4-7H,1-3H3;(H,3,4)(H,5,6)/b12-7-;. The number of rotatable bonds is 3. The van der Waals surface area contributed by atoms with Gasteiger partial charge in [-0.3, -0.25) is 0 Å². The first kappa shape index (κ1) is 17.4. The van der Waals surface area contributed by atoms with Crippen LogP contribution in [-0.2, 0) is 9.59 Å². The molecule has 22 heavy (non-hydrogen) atoms. The summed E-state index contributed by atoms with van der Waals surface area (Å²) in [6.07, 6.45) is 1.74. The fraction of sp³-hybridized carbons (Fsp3) is 0.231. The SMILES string of the molecule is COc1ccc2nc(/N=C\N(C)C)sc2c1.O=C(O)C(=O)O. The molecule has 0 fully saturated rings. The molecule has 1 heterocycles. The molecule has 0 saturated carbocycles. The van der Waals surface area contributed by atoms with Gasteiger partial charge in [0.15, 0.2) is 0 Å². The number of aromatic nitrogens is 1.